The van der Waals surface area contributed by atoms with Crippen molar-refractivity contribution in [2.24, 2.45) is 0 Å². The van der Waals surface area contributed by atoms with Gasteiger partial charge in [0.05, 0.1) is 23.1 Å². The molecular weight excluding hydrogens is 416 g/mol. The lowest BCUT2D eigenvalue weighted by atomic mass is 10.2. The molecule has 3 aromatic rings. The number of benzene rings is 2. The fourth-order valence-electron chi connectivity index (χ4n) is 3.10. The van der Waals surface area contributed by atoms with E-state index in [4.69, 9.17) is 0 Å². The molecule has 1 amide bonds. The summed E-state index contributed by atoms with van der Waals surface area (Å²) in [6, 6.07) is 18.3. The minimum absolute atomic E-state index is 0.0772. The second-order valence-electron chi connectivity index (χ2n) is 6.86. The number of carbonyl (C=O) groups excluding carboxylic acids is 1. The van der Waals surface area contributed by atoms with E-state index in [1.54, 1.807) is 10.9 Å². The molecular formula is C22H25BrN4O. The largest absolute Gasteiger partial charge is 0.352 e. The van der Waals surface area contributed by atoms with Gasteiger partial charge in [0.15, 0.2) is 0 Å². The average Bonchev–Trinajstić information content (AvgIpc) is 3.08. The predicted octanol–water partition coefficient (Wildman–Crippen LogP) is 4.20. The maximum Gasteiger partial charge on any atom is 0.254 e. The summed E-state index contributed by atoms with van der Waals surface area (Å²) in [5, 5.41) is 7.38. The third-order valence-electron chi connectivity index (χ3n) is 4.62. The monoisotopic (exact) mass is 440 g/mol. The van der Waals surface area contributed by atoms with Gasteiger partial charge in [0, 0.05) is 17.6 Å². The minimum Gasteiger partial charge on any atom is -0.352 e. The summed E-state index contributed by atoms with van der Waals surface area (Å²) in [5.41, 5.74) is 3.67. The van der Waals surface area contributed by atoms with Crippen LogP contribution in [0.1, 0.15) is 28.0 Å². The first-order valence-corrected chi connectivity index (χ1v) is 10.1. The van der Waals surface area contributed by atoms with Gasteiger partial charge in [-0.05, 0) is 56.8 Å². The minimum atomic E-state index is -0.0772. The van der Waals surface area contributed by atoms with E-state index in [2.05, 4.69) is 62.6 Å². The third-order valence-corrected chi connectivity index (χ3v) is 5.15. The Bertz CT molecular complexity index is 906. The first kappa shape index (κ1) is 20.3. The maximum absolute atomic E-state index is 12.5. The van der Waals surface area contributed by atoms with Crippen molar-refractivity contribution in [3.63, 3.8) is 0 Å². The number of nitrogens with one attached hydrogen (secondary N) is 1. The molecule has 0 aliphatic heterocycles. The highest BCUT2D eigenvalue weighted by Crippen LogP contribution is 2.17. The highest BCUT2D eigenvalue weighted by atomic mass is 79.9. The zero-order chi connectivity index (χ0) is 19.9. The standard InChI is InChI=1S/C22H25BrN4O/c1-17-21(15-25-27(17)20-11-9-19(23)10-12-20)22(28)24-13-6-14-26(2)16-18-7-4-3-5-8-18/h3-5,7-12,15H,6,13-14,16H2,1-2H3,(H,24,28). The molecule has 0 aliphatic rings. The molecule has 1 N–H and O–H groups in total. The molecule has 3 rings (SSSR count). The van der Waals surface area contributed by atoms with Crippen molar-refractivity contribution in [1.29, 1.82) is 0 Å². The Labute approximate surface area is 174 Å². The van der Waals surface area contributed by atoms with Crippen LogP contribution < -0.4 is 5.32 Å². The van der Waals surface area contributed by atoms with Gasteiger partial charge in [-0.2, -0.15) is 5.10 Å². The van der Waals surface area contributed by atoms with Crippen LogP contribution in [-0.4, -0.2) is 40.7 Å². The Hall–Kier alpha value is -2.44. The van der Waals surface area contributed by atoms with Crippen LogP contribution in [0.2, 0.25) is 0 Å². The van der Waals surface area contributed by atoms with Crippen molar-refractivity contribution in [1.82, 2.24) is 20.0 Å². The fraction of sp³-hybridized carbons (Fsp3) is 0.273. The fourth-order valence-corrected chi connectivity index (χ4v) is 3.36. The van der Waals surface area contributed by atoms with E-state index in [9.17, 15) is 4.79 Å². The smallest absolute Gasteiger partial charge is 0.254 e. The summed E-state index contributed by atoms with van der Waals surface area (Å²) < 4.78 is 2.80. The zero-order valence-corrected chi connectivity index (χ0v) is 17.8. The van der Waals surface area contributed by atoms with Gasteiger partial charge in [0.1, 0.15) is 0 Å². The molecule has 146 valence electrons. The third kappa shape index (κ3) is 5.30. The molecule has 0 spiro atoms. The van der Waals surface area contributed by atoms with Gasteiger partial charge in [-0.25, -0.2) is 4.68 Å². The van der Waals surface area contributed by atoms with Crippen molar-refractivity contribution in [3.05, 3.63) is 82.1 Å². The molecule has 5 nitrogen and oxygen atoms in total. The van der Waals surface area contributed by atoms with E-state index in [1.165, 1.54) is 5.56 Å². The maximum atomic E-state index is 12.5. The van der Waals surface area contributed by atoms with Crippen molar-refractivity contribution in [3.8, 4) is 5.69 Å². The lowest BCUT2D eigenvalue weighted by Gasteiger charge is -2.16. The molecule has 28 heavy (non-hydrogen) atoms. The van der Waals surface area contributed by atoms with Gasteiger partial charge < -0.3 is 10.2 Å². The molecule has 0 aliphatic carbocycles. The van der Waals surface area contributed by atoms with Crippen molar-refractivity contribution < 1.29 is 4.79 Å². The molecule has 6 heteroatoms. The van der Waals surface area contributed by atoms with Gasteiger partial charge in [-0.15, -0.1) is 0 Å². The number of amides is 1. The Balaban J connectivity index is 1.48. The molecule has 0 fully saturated rings. The quantitative estimate of drug-likeness (QED) is 0.534. The summed E-state index contributed by atoms with van der Waals surface area (Å²) >= 11 is 3.43. The topological polar surface area (TPSA) is 50.2 Å². The van der Waals surface area contributed by atoms with Gasteiger partial charge in [-0.1, -0.05) is 46.3 Å². The lowest BCUT2D eigenvalue weighted by Crippen LogP contribution is -2.28. The van der Waals surface area contributed by atoms with Crippen LogP contribution in [0.5, 0.6) is 0 Å². The van der Waals surface area contributed by atoms with Gasteiger partial charge in [-0.3, -0.25) is 4.79 Å². The molecule has 0 bridgehead atoms. The highest BCUT2D eigenvalue weighted by Gasteiger charge is 2.14. The van der Waals surface area contributed by atoms with Crippen LogP contribution in [-0.2, 0) is 6.54 Å². The second kappa shape index (κ2) is 9.66. The number of aromatic nitrogens is 2. The number of hydrogen-bond donors (Lipinski definition) is 1. The van der Waals surface area contributed by atoms with Crippen molar-refractivity contribution >= 4 is 21.8 Å². The number of rotatable bonds is 8. The zero-order valence-electron chi connectivity index (χ0n) is 16.2. The van der Waals surface area contributed by atoms with E-state index in [-0.39, 0.29) is 5.91 Å². The molecule has 1 aromatic heterocycles. The van der Waals surface area contributed by atoms with Gasteiger partial charge in [0.2, 0.25) is 0 Å². The summed E-state index contributed by atoms with van der Waals surface area (Å²) in [5.74, 6) is -0.0772. The van der Waals surface area contributed by atoms with Crippen LogP contribution in [0.25, 0.3) is 5.69 Å². The molecule has 2 aromatic carbocycles. The Kier molecular flexibility index (Phi) is 7.01. The van der Waals surface area contributed by atoms with E-state index in [1.807, 2.05) is 37.3 Å². The second-order valence-corrected chi connectivity index (χ2v) is 7.78. The van der Waals surface area contributed by atoms with Gasteiger partial charge >= 0.3 is 0 Å². The number of hydrogen-bond acceptors (Lipinski definition) is 3. The van der Waals surface area contributed by atoms with E-state index < -0.39 is 0 Å². The normalized spacial score (nSPS) is 11.0. The SMILES string of the molecule is Cc1c(C(=O)NCCCN(C)Cc2ccccc2)cnn1-c1ccc(Br)cc1. The first-order valence-electron chi connectivity index (χ1n) is 9.36. The van der Waals surface area contributed by atoms with Crippen LogP contribution in [0.15, 0.2) is 65.3 Å². The predicted molar refractivity (Wildman–Crippen MR) is 116 cm³/mol. The van der Waals surface area contributed by atoms with Crippen LogP contribution in [0.3, 0.4) is 0 Å². The Morgan fingerprint density at radius 1 is 1.14 bits per heavy atom. The van der Waals surface area contributed by atoms with Crippen molar-refractivity contribution in [2.45, 2.75) is 19.9 Å². The molecule has 0 unspecified atom stereocenters. The van der Waals surface area contributed by atoms with E-state index >= 15 is 0 Å². The summed E-state index contributed by atoms with van der Waals surface area (Å²) in [6.45, 7) is 4.39. The summed E-state index contributed by atoms with van der Waals surface area (Å²) in [7, 11) is 2.10. The summed E-state index contributed by atoms with van der Waals surface area (Å²) in [6.07, 6.45) is 2.53. The Morgan fingerprint density at radius 3 is 2.57 bits per heavy atom. The average molecular weight is 441 g/mol. The highest BCUT2D eigenvalue weighted by molar-refractivity contribution is 9.10. The van der Waals surface area contributed by atoms with Crippen LogP contribution in [0, 0.1) is 6.92 Å². The van der Waals surface area contributed by atoms with E-state index in [0.29, 0.717) is 12.1 Å². The van der Waals surface area contributed by atoms with Crippen LogP contribution in [0.4, 0.5) is 0 Å². The summed E-state index contributed by atoms with van der Waals surface area (Å²) in [4.78, 5) is 14.8. The van der Waals surface area contributed by atoms with Gasteiger partial charge in [0.25, 0.3) is 5.91 Å². The lowest BCUT2D eigenvalue weighted by molar-refractivity contribution is 0.0951. The molecule has 0 saturated heterocycles. The number of carbonyl (C=O) groups is 1. The molecule has 1 heterocycles. The number of nitrogens with zero attached hydrogens (tertiary/aromatic N) is 3. The van der Waals surface area contributed by atoms with Crippen molar-refractivity contribution in [2.75, 3.05) is 20.1 Å². The van der Waals surface area contributed by atoms with E-state index in [0.717, 1.165) is 35.4 Å². The molecule has 0 radical (unpaired) electrons. The Morgan fingerprint density at radius 2 is 1.86 bits per heavy atom. The first-order chi connectivity index (χ1) is 13.5. The van der Waals surface area contributed by atoms with Crippen LogP contribution >= 0.6 is 15.9 Å². The number of halogens is 1. The molecule has 0 atom stereocenters. The molecule has 0 saturated carbocycles.